The molecule has 2 aromatic heterocycles. The van der Waals surface area contributed by atoms with E-state index in [1.807, 2.05) is 0 Å². The fourth-order valence-corrected chi connectivity index (χ4v) is 3.93. The lowest BCUT2D eigenvalue weighted by atomic mass is 10.0. The lowest BCUT2D eigenvalue weighted by Crippen LogP contribution is -1.76. The summed E-state index contributed by atoms with van der Waals surface area (Å²) in [6, 6.07) is 17.8. The third kappa shape index (κ3) is 1.57. The average molecular weight is 266 g/mol. The van der Waals surface area contributed by atoms with Crippen LogP contribution in [-0.4, -0.2) is 0 Å². The Morgan fingerprint density at radius 2 is 1.06 bits per heavy atom. The van der Waals surface area contributed by atoms with Crippen molar-refractivity contribution in [1.29, 1.82) is 0 Å². The van der Waals surface area contributed by atoms with Gasteiger partial charge in [-0.15, -0.1) is 22.7 Å². The minimum atomic E-state index is 1.31. The molecule has 0 aliphatic rings. The van der Waals surface area contributed by atoms with Crippen molar-refractivity contribution in [2.24, 2.45) is 0 Å². The van der Waals surface area contributed by atoms with Gasteiger partial charge in [0.05, 0.1) is 0 Å². The first-order chi connectivity index (χ1) is 8.90. The van der Waals surface area contributed by atoms with Crippen LogP contribution in [-0.2, 0) is 0 Å². The molecule has 0 unspecified atom stereocenters. The summed E-state index contributed by atoms with van der Waals surface area (Å²) in [5.74, 6) is 0. The van der Waals surface area contributed by atoms with E-state index in [2.05, 4.69) is 59.3 Å². The summed E-state index contributed by atoms with van der Waals surface area (Å²) in [4.78, 5) is 0. The Morgan fingerprint density at radius 1 is 0.556 bits per heavy atom. The van der Waals surface area contributed by atoms with Gasteiger partial charge < -0.3 is 0 Å². The molecule has 0 atom stereocenters. The van der Waals surface area contributed by atoms with Crippen LogP contribution in [0.25, 0.3) is 31.3 Å². The van der Waals surface area contributed by atoms with Gasteiger partial charge in [-0.05, 0) is 56.9 Å². The number of thiophene rings is 2. The smallest absolute Gasteiger partial charge is 0.0348 e. The molecule has 2 heteroatoms. The van der Waals surface area contributed by atoms with Crippen molar-refractivity contribution in [2.45, 2.75) is 0 Å². The van der Waals surface area contributed by atoms with Gasteiger partial charge in [-0.3, -0.25) is 0 Å². The van der Waals surface area contributed by atoms with Crippen LogP contribution in [0.2, 0.25) is 0 Å². The zero-order valence-corrected chi connectivity index (χ0v) is 11.2. The average Bonchev–Trinajstić information content (AvgIpc) is 3.05. The second-order valence-electron chi connectivity index (χ2n) is 4.35. The fraction of sp³-hybridized carbons (Fsp3) is 0. The number of rotatable bonds is 1. The lowest BCUT2D eigenvalue weighted by molar-refractivity contribution is 1.72. The van der Waals surface area contributed by atoms with Crippen molar-refractivity contribution in [3.8, 4) is 11.1 Å². The number of hydrogen-bond donors (Lipinski definition) is 0. The molecule has 0 spiro atoms. The molecular weight excluding hydrogens is 256 g/mol. The maximum atomic E-state index is 2.29. The van der Waals surface area contributed by atoms with Crippen molar-refractivity contribution in [3.63, 3.8) is 0 Å². The Kier molecular flexibility index (Phi) is 2.25. The minimum absolute atomic E-state index is 1.31. The van der Waals surface area contributed by atoms with E-state index in [0.29, 0.717) is 0 Å². The highest BCUT2D eigenvalue weighted by molar-refractivity contribution is 7.17. The second-order valence-corrected chi connectivity index (χ2v) is 6.24. The van der Waals surface area contributed by atoms with Gasteiger partial charge in [0, 0.05) is 9.40 Å². The highest BCUT2D eigenvalue weighted by Crippen LogP contribution is 2.31. The second kappa shape index (κ2) is 3.94. The van der Waals surface area contributed by atoms with Gasteiger partial charge in [0.1, 0.15) is 0 Å². The Labute approximate surface area is 113 Å². The Hall–Kier alpha value is -1.64. The maximum Gasteiger partial charge on any atom is 0.0348 e. The fourth-order valence-electron chi connectivity index (χ4n) is 2.27. The molecule has 0 amide bonds. The highest BCUT2D eigenvalue weighted by Gasteiger charge is 2.02. The van der Waals surface area contributed by atoms with E-state index in [9.17, 15) is 0 Å². The zero-order valence-electron chi connectivity index (χ0n) is 9.59. The Bertz CT molecular complexity index is 764. The van der Waals surface area contributed by atoms with E-state index in [4.69, 9.17) is 0 Å². The molecule has 0 saturated carbocycles. The molecule has 4 rings (SSSR count). The maximum absolute atomic E-state index is 2.29. The molecule has 0 bridgehead atoms. The SMILES string of the molecule is c1cc2ccc(-c3ccc4ccsc4c3)cc2s1. The third-order valence-electron chi connectivity index (χ3n) is 3.25. The van der Waals surface area contributed by atoms with Gasteiger partial charge in [-0.2, -0.15) is 0 Å². The molecule has 0 radical (unpaired) electrons. The van der Waals surface area contributed by atoms with Gasteiger partial charge in [-0.25, -0.2) is 0 Å². The van der Waals surface area contributed by atoms with Crippen molar-refractivity contribution in [1.82, 2.24) is 0 Å². The largest absolute Gasteiger partial charge is 0.144 e. The van der Waals surface area contributed by atoms with Crippen LogP contribution in [0.5, 0.6) is 0 Å². The summed E-state index contributed by atoms with van der Waals surface area (Å²) in [5.41, 5.74) is 2.61. The topological polar surface area (TPSA) is 0 Å². The van der Waals surface area contributed by atoms with E-state index in [0.717, 1.165) is 0 Å². The molecular formula is C16H10S2. The molecule has 0 nitrogen and oxygen atoms in total. The molecule has 0 aliphatic heterocycles. The molecule has 0 aliphatic carbocycles. The molecule has 0 fully saturated rings. The van der Waals surface area contributed by atoms with Crippen molar-refractivity contribution in [3.05, 3.63) is 59.3 Å². The summed E-state index contributed by atoms with van der Waals surface area (Å²) in [7, 11) is 0. The van der Waals surface area contributed by atoms with Gasteiger partial charge in [0.2, 0.25) is 0 Å². The van der Waals surface area contributed by atoms with Crippen LogP contribution in [0.1, 0.15) is 0 Å². The zero-order chi connectivity index (χ0) is 11.9. The summed E-state index contributed by atoms with van der Waals surface area (Å²) in [6.07, 6.45) is 0. The standard InChI is InChI=1S/C16H10S2/c1-3-13(9-15-11(1)5-7-17-15)14-4-2-12-6-8-18-16(12)10-14/h1-10H. The number of fused-ring (bicyclic) bond motifs is 2. The summed E-state index contributed by atoms with van der Waals surface area (Å²) < 4.78 is 2.72. The number of hydrogen-bond acceptors (Lipinski definition) is 2. The normalized spacial score (nSPS) is 11.3. The number of benzene rings is 2. The summed E-state index contributed by atoms with van der Waals surface area (Å²) in [5, 5.41) is 6.97. The van der Waals surface area contributed by atoms with Gasteiger partial charge in [-0.1, -0.05) is 24.3 Å². The lowest BCUT2D eigenvalue weighted by Gasteiger charge is -2.02. The summed E-state index contributed by atoms with van der Waals surface area (Å²) in [6.45, 7) is 0. The molecule has 2 aromatic carbocycles. The highest BCUT2D eigenvalue weighted by atomic mass is 32.1. The van der Waals surface area contributed by atoms with Gasteiger partial charge in [0.25, 0.3) is 0 Å². The van der Waals surface area contributed by atoms with E-state index in [1.165, 1.54) is 31.3 Å². The first-order valence-electron chi connectivity index (χ1n) is 5.85. The molecule has 0 saturated heterocycles. The quantitative estimate of drug-likeness (QED) is 0.409. The Morgan fingerprint density at radius 3 is 1.56 bits per heavy atom. The predicted octanol–water partition coefficient (Wildman–Crippen LogP) is 5.78. The molecule has 86 valence electrons. The molecule has 4 aromatic rings. The van der Waals surface area contributed by atoms with E-state index < -0.39 is 0 Å². The van der Waals surface area contributed by atoms with E-state index >= 15 is 0 Å². The van der Waals surface area contributed by atoms with Crippen molar-refractivity contribution >= 4 is 42.8 Å². The van der Waals surface area contributed by atoms with Crippen molar-refractivity contribution < 1.29 is 0 Å². The van der Waals surface area contributed by atoms with Gasteiger partial charge >= 0.3 is 0 Å². The third-order valence-corrected chi connectivity index (χ3v) is 5.00. The van der Waals surface area contributed by atoms with Crippen LogP contribution in [0, 0.1) is 0 Å². The van der Waals surface area contributed by atoms with Crippen molar-refractivity contribution in [2.75, 3.05) is 0 Å². The molecule has 18 heavy (non-hydrogen) atoms. The summed E-state index contributed by atoms with van der Waals surface area (Å²) >= 11 is 3.61. The monoisotopic (exact) mass is 266 g/mol. The predicted molar refractivity (Wildman–Crippen MR) is 82.6 cm³/mol. The first-order valence-corrected chi connectivity index (χ1v) is 7.61. The van der Waals surface area contributed by atoms with Crippen LogP contribution < -0.4 is 0 Å². The van der Waals surface area contributed by atoms with Gasteiger partial charge in [0.15, 0.2) is 0 Å². The van der Waals surface area contributed by atoms with E-state index in [1.54, 1.807) is 22.7 Å². The Balaban J connectivity index is 1.93. The van der Waals surface area contributed by atoms with E-state index in [-0.39, 0.29) is 0 Å². The molecule has 0 N–H and O–H groups in total. The van der Waals surface area contributed by atoms with Crippen LogP contribution in [0.3, 0.4) is 0 Å². The minimum Gasteiger partial charge on any atom is -0.144 e. The van der Waals surface area contributed by atoms with Crippen LogP contribution in [0.15, 0.2) is 59.3 Å². The first kappa shape index (κ1) is 10.3. The molecule has 2 heterocycles. The van der Waals surface area contributed by atoms with Crippen LogP contribution in [0.4, 0.5) is 0 Å². The van der Waals surface area contributed by atoms with Crippen LogP contribution >= 0.6 is 22.7 Å².